The molecule has 15 heteroatoms. The molecule has 1 aromatic heterocycles. The number of imide groups is 1. The average molecular weight is 762 g/mol. The molecule has 0 aliphatic heterocycles. The first-order valence-electron chi connectivity index (χ1n) is 17.5. The van der Waals surface area contributed by atoms with Crippen LogP contribution in [0.25, 0.3) is 10.8 Å². The summed E-state index contributed by atoms with van der Waals surface area (Å²) in [5.41, 5.74) is 1.04. The lowest BCUT2D eigenvalue weighted by Gasteiger charge is -2.28. The highest BCUT2D eigenvalue weighted by molar-refractivity contribution is 6.14. The summed E-state index contributed by atoms with van der Waals surface area (Å²) in [5.74, 6) is -2.82. The third-order valence-corrected chi connectivity index (χ3v) is 8.04. The maximum atomic E-state index is 14.1. The van der Waals surface area contributed by atoms with Crippen LogP contribution in [0.3, 0.4) is 0 Å². The molecule has 3 amide bonds. The molecule has 14 nitrogen and oxygen atoms in total. The standard InChI is InChI=1S/C40H48FN5O9/c1-22-16-25(10-12-29(22)23(2)21-53-36(50)45-28-18-26(20-42-9)33(47)31(41)19-28)32(35(48)49)44-27-11-13-30-24(17-27)14-15-43-34(30)46(37(51)54-39(3,4)5)38(52)55-40(6,7)8/h10-19,23,32,42,44,47H,20-21H2,1-9H3,(H,45,50)(H,48,49). The Bertz CT molecular complexity index is 2050. The van der Waals surface area contributed by atoms with Crippen LogP contribution in [0.15, 0.2) is 60.8 Å². The molecule has 0 fully saturated rings. The van der Waals surface area contributed by atoms with Gasteiger partial charge in [-0.25, -0.2) is 28.6 Å². The molecule has 0 radical (unpaired) electrons. The van der Waals surface area contributed by atoms with Crippen molar-refractivity contribution in [1.82, 2.24) is 10.3 Å². The smallest absolute Gasteiger partial charge is 0.425 e. The van der Waals surface area contributed by atoms with E-state index in [-0.39, 0.29) is 36.1 Å². The van der Waals surface area contributed by atoms with Gasteiger partial charge >= 0.3 is 24.2 Å². The second-order valence-electron chi connectivity index (χ2n) is 15.0. The van der Waals surface area contributed by atoms with E-state index in [0.717, 1.165) is 22.1 Å². The Balaban J connectivity index is 1.52. The largest absolute Gasteiger partial charge is 0.505 e. The van der Waals surface area contributed by atoms with E-state index in [0.29, 0.717) is 22.0 Å². The fourth-order valence-corrected chi connectivity index (χ4v) is 5.68. The first-order valence-corrected chi connectivity index (χ1v) is 17.5. The lowest BCUT2D eigenvalue weighted by Crippen LogP contribution is -2.44. The third-order valence-electron chi connectivity index (χ3n) is 8.04. The highest BCUT2D eigenvalue weighted by Crippen LogP contribution is 2.32. The molecular weight excluding hydrogens is 713 g/mol. The number of phenols is 1. The van der Waals surface area contributed by atoms with Crippen molar-refractivity contribution in [1.29, 1.82) is 0 Å². The Morgan fingerprint density at radius 2 is 1.56 bits per heavy atom. The summed E-state index contributed by atoms with van der Waals surface area (Å²) in [5, 5.41) is 29.5. The third kappa shape index (κ3) is 11.0. The van der Waals surface area contributed by atoms with Crippen LogP contribution in [-0.2, 0) is 25.5 Å². The second kappa shape index (κ2) is 17.0. The normalized spacial score (nSPS) is 12.7. The van der Waals surface area contributed by atoms with Crippen LogP contribution in [0, 0.1) is 12.7 Å². The minimum atomic E-state index is -1.16. The van der Waals surface area contributed by atoms with Crippen molar-refractivity contribution in [2.45, 2.75) is 85.1 Å². The van der Waals surface area contributed by atoms with E-state index in [1.54, 1.807) is 91.1 Å². The van der Waals surface area contributed by atoms with E-state index in [1.165, 1.54) is 12.3 Å². The number of benzene rings is 3. The first kappa shape index (κ1) is 41.8. The minimum absolute atomic E-state index is 0.0166. The molecule has 0 aliphatic rings. The van der Waals surface area contributed by atoms with Gasteiger partial charge in [-0.2, -0.15) is 4.90 Å². The van der Waals surface area contributed by atoms with Crippen LogP contribution in [-0.4, -0.2) is 64.3 Å². The maximum absolute atomic E-state index is 14.1. The van der Waals surface area contributed by atoms with Crippen molar-refractivity contribution < 1.29 is 48.0 Å². The number of hydrogen-bond donors (Lipinski definition) is 5. The summed E-state index contributed by atoms with van der Waals surface area (Å²) in [4.78, 5) is 56.7. The number of aromatic hydroxyl groups is 1. The number of anilines is 3. The fourth-order valence-electron chi connectivity index (χ4n) is 5.68. The molecule has 3 aromatic carbocycles. The number of carboxylic acid groups (broad SMARTS) is 1. The number of carbonyl (C=O) groups excluding carboxylic acids is 3. The Labute approximate surface area is 319 Å². The van der Waals surface area contributed by atoms with Gasteiger partial charge in [0.2, 0.25) is 0 Å². The van der Waals surface area contributed by atoms with Gasteiger partial charge in [-0.05, 0) is 108 Å². The van der Waals surface area contributed by atoms with Gasteiger partial charge in [0.1, 0.15) is 11.2 Å². The number of nitrogens with zero attached hydrogens (tertiary/aromatic N) is 2. The molecule has 0 bridgehead atoms. The molecule has 1 heterocycles. The maximum Gasteiger partial charge on any atom is 0.425 e. The number of amides is 3. The number of carboxylic acids is 1. The number of phenolic OH excluding ortho intramolecular Hbond substituents is 1. The van der Waals surface area contributed by atoms with E-state index < -0.39 is 53.1 Å². The molecular formula is C40H48FN5O9. The van der Waals surface area contributed by atoms with Crippen molar-refractivity contribution in [2.75, 3.05) is 29.2 Å². The topological polar surface area (TPSA) is 189 Å². The number of aromatic nitrogens is 1. The zero-order chi connectivity index (χ0) is 40.8. The van der Waals surface area contributed by atoms with Crippen LogP contribution in [0.5, 0.6) is 5.75 Å². The van der Waals surface area contributed by atoms with E-state index >= 15 is 0 Å². The van der Waals surface area contributed by atoms with Gasteiger partial charge in [0, 0.05) is 47.1 Å². The van der Waals surface area contributed by atoms with Gasteiger partial charge in [0.25, 0.3) is 0 Å². The van der Waals surface area contributed by atoms with Crippen LogP contribution < -0.4 is 20.9 Å². The van der Waals surface area contributed by atoms with Gasteiger partial charge in [-0.1, -0.05) is 25.1 Å². The van der Waals surface area contributed by atoms with Crippen LogP contribution in [0.1, 0.15) is 82.7 Å². The van der Waals surface area contributed by atoms with E-state index in [4.69, 9.17) is 14.2 Å². The molecule has 4 rings (SSSR count). The Kier molecular flexibility index (Phi) is 12.9. The monoisotopic (exact) mass is 761 g/mol. The number of ether oxygens (including phenoxy) is 3. The number of aryl methyl sites for hydroxylation is 1. The number of halogens is 1. The molecule has 0 saturated carbocycles. The van der Waals surface area contributed by atoms with Crippen LogP contribution in [0.4, 0.5) is 36.0 Å². The molecule has 0 saturated heterocycles. The van der Waals surface area contributed by atoms with Crippen molar-refractivity contribution in [2.24, 2.45) is 0 Å². The molecule has 0 aliphatic carbocycles. The number of hydrogen-bond acceptors (Lipinski definition) is 11. The van der Waals surface area contributed by atoms with Crippen molar-refractivity contribution >= 4 is 52.2 Å². The highest BCUT2D eigenvalue weighted by atomic mass is 19.1. The van der Waals surface area contributed by atoms with Gasteiger partial charge in [-0.15, -0.1) is 0 Å². The van der Waals surface area contributed by atoms with Crippen molar-refractivity contribution in [3.05, 3.63) is 88.9 Å². The van der Waals surface area contributed by atoms with E-state index in [9.17, 15) is 33.8 Å². The Morgan fingerprint density at radius 1 is 0.909 bits per heavy atom. The number of nitrogens with one attached hydrogen (secondary N) is 3. The fraction of sp³-hybridized carbons (Fsp3) is 0.375. The van der Waals surface area contributed by atoms with Gasteiger partial charge in [-0.3, -0.25) is 5.32 Å². The summed E-state index contributed by atoms with van der Waals surface area (Å²) >= 11 is 0. The molecule has 5 N–H and O–H groups in total. The number of carbonyl (C=O) groups is 4. The van der Waals surface area contributed by atoms with Gasteiger partial charge < -0.3 is 35.1 Å². The molecule has 2 atom stereocenters. The second-order valence-corrected chi connectivity index (χ2v) is 15.0. The zero-order valence-corrected chi connectivity index (χ0v) is 32.4. The summed E-state index contributed by atoms with van der Waals surface area (Å²) in [6.07, 6.45) is -1.33. The summed E-state index contributed by atoms with van der Waals surface area (Å²) in [6.45, 7) is 13.9. The number of aliphatic carboxylic acids is 1. The van der Waals surface area contributed by atoms with Gasteiger partial charge in [0.05, 0.1) is 6.61 Å². The predicted molar refractivity (Wildman–Crippen MR) is 206 cm³/mol. The van der Waals surface area contributed by atoms with Crippen LogP contribution >= 0.6 is 0 Å². The Morgan fingerprint density at radius 3 is 2.15 bits per heavy atom. The zero-order valence-electron chi connectivity index (χ0n) is 32.4. The lowest BCUT2D eigenvalue weighted by atomic mass is 9.93. The molecule has 294 valence electrons. The molecule has 55 heavy (non-hydrogen) atoms. The number of fused-ring (bicyclic) bond motifs is 1. The first-order chi connectivity index (χ1) is 25.7. The lowest BCUT2D eigenvalue weighted by molar-refractivity contribution is -0.138. The summed E-state index contributed by atoms with van der Waals surface area (Å²) in [7, 11) is 1.64. The summed E-state index contributed by atoms with van der Waals surface area (Å²) in [6, 6.07) is 13.0. The van der Waals surface area contributed by atoms with E-state index in [2.05, 4.69) is 20.9 Å². The number of pyridine rings is 1. The number of rotatable bonds is 11. The molecule has 2 unspecified atom stereocenters. The highest BCUT2D eigenvalue weighted by Gasteiger charge is 2.34. The molecule has 4 aromatic rings. The predicted octanol–water partition coefficient (Wildman–Crippen LogP) is 8.37. The Hall–Kier alpha value is -5.96. The average Bonchev–Trinajstić information content (AvgIpc) is 3.06. The van der Waals surface area contributed by atoms with Crippen molar-refractivity contribution in [3.8, 4) is 5.75 Å². The van der Waals surface area contributed by atoms with E-state index in [1.807, 2.05) is 13.8 Å². The quantitative estimate of drug-likeness (QED) is 0.0727. The SMILES string of the molecule is CNCc1cc(NC(=O)OCC(C)c2ccc(C(Nc3ccc4c(N(C(=O)OC(C)(C)C)C(=O)OC(C)(C)C)nccc4c3)C(=O)O)cc2C)cc(F)c1O. The van der Waals surface area contributed by atoms with Crippen LogP contribution in [0.2, 0.25) is 0 Å². The summed E-state index contributed by atoms with van der Waals surface area (Å²) < 4.78 is 30.6. The molecule has 0 spiro atoms. The minimum Gasteiger partial charge on any atom is -0.505 e. The van der Waals surface area contributed by atoms with Gasteiger partial charge in [0.15, 0.2) is 23.4 Å². The van der Waals surface area contributed by atoms with Crippen molar-refractivity contribution in [3.63, 3.8) is 0 Å².